The standard InChI is InChI=1S/C18H28N4O2.C2HF3O2/c1-14-18-19-11-16(12-24-13-17(23)20-7-2-3-8-20)22(18)10-9-21(14)15-5-4-6-15;3-2(4,5)1(6)7/h11,14-15H,2-10,12-13H2,1H3;(H,6,7). The number of aliphatic carboxylic acids is 1. The molecule has 4 rings (SSSR count). The molecular weight excluding hydrogens is 417 g/mol. The maximum absolute atomic E-state index is 12.0. The Labute approximate surface area is 179 Å². The highest BCUT2D eigenvalue weighted by molar-refractivity contribution is 5.77. The quantitative estimate of drug-likeness (QED) is 0.748. The molecule has 1 atom stereocenters. The van der Waals surface area contributed by atoms with Gasteiger partial charge in [-0.1, -0.05) is 6.42 Å². The second-order valence-electron chi connectivity index (χ2n) is 8.14. The van der Waals surface area contributed by atoms with Crippen LogP contribution in [0.15, 0.2) is 6.20 Å². The van der Waals surface area contributed by atoms with Crippen molar-refractivity contribution < 1.29 is 32.6 Å². The molecule has 1 aromatic heterocycles. The van der Waals surface area contributed by atoms with Gasteiger partial charge in [0.25, 0.3) is 0 Å². The number of carbonyl (C=O) groups excluding carboxylic acids is 1. The first kappa shape index (κ1) is 23.5. The predicted molar refractivity (Wildman–Crippen MR) is 104 cm³/mol. The lowest BCUT2D eigenvalue weighted by Gasteiger charge is -2.43. The first-order valence-corrected chi connectivity index (χ1v) is 10.6. The number of alkyl halides is 3. The summed E-state index contributed by atoms with van der Waals surface area (Å²) < 4.78 is 39.7. The molecule has 1 saturated carbocycles. The zero-order valence-corrected chi connectivity index (χ0v) is 17.6. The summed E-state index contributed by atoms with van der Waals surface area (Å²) in [5.41, 5.74) is 1.10. The molecule has 2 fully saturated rings. The van der Waals surface area contributed by atoms with E-state index < -0.39 is 12.1 Å². The van der Waals surface area contributed by atoms with Gasteiger partial charge in [0.1, 0.15) is 12.4 Å². The van der Waals surface area contributed by atoms with Gasteiger partial charge in [0.05, 0.1) is 24.5 Å². The highest BCUT2D eigenvalue weighted by Gasteiger charge is 2.38. The van der Waals surface area contributed by atoms with Gasteiger partial charge in [-0.2, -0.15) is 13.2 Å². The lowest BCUT2D eigenvalue weighted by atomic mass is 9.90. The summed E-state index contributed by atoms with van der Waals surface area (Å²) in [5.74, 6) is -1.49. The minimum atomic E-state index is -5.08. The van der Waals surface area contributed by atoms with Crippen LogP contribution in [-0.2, 0) is 27.5 Å². The lowest BCUT2D eigenvalue weighted by Crippen LogP contribution is -2.47. The Morgan fingerprint density at radius 2 is 1.81 bits per heavy atom. The molecule has 1 N–H and O–H groups in total. The molecule has 11 heteroatoms. The monoisotopic (exact) mass is 446 g/mol. The third-order valence-corrected chi connectivity index (χ3v) is 6.14. The molecule has 0 aromatic carbocycles. The minimum absolute atomic E-state index is 0.121. The largest absolute Gasteiger partial charge is 0.490 e. The van der Waals surface area contributed by atoms with Crippen molar-refractivity contribution in [2.75, 3.05) is 26.2 Å². The smallest absolute Gasteiger partial charge is 0.475 e. The van der Waals surface area contributed by atoms with Gasteiger partial charge >= 0.3 is 12.1 Å². The van der Waals surface area contributed by atoms with Crippen LogP contribution in [0.5, 0.6) is 0 Å². The highest BCUT2D eigenvalue weighted by Crippen LogP contribution is 2.34. The molecule has 3 aliphatic rings. The van der Waals surface area contributed by atoms with Crippen LogP contribution in [0.25, 0.3) is 0 Å². The second-order valence-corrected chi connectivity index (χ2v) is 8.14. The van der Waals surface area contributed by atoms with Crippen molar-refractivity contribution in [3.8, 4) is 0 Å². The molecule has 1 unspecified atom stereocenters. The van der Waals surface area contributed by atoms with Crippen molar-refractivity contribution in [1.82, 2.24) is 19.4 Å². The Morgan fingerprint density at radius 3 is 2.35 bits per heavy atom. The van der Waals surface area contributed by atoms with Gasteiger partial charge < -0.3 is 19.3 Å². The molecule has 1 saturated heterocycles. The van der Waals surface area contributed by atoms with Crippen LogP contribution in [0.3, 0.4) is 0 Å². The summed E-state index contributed by atoms with van der Waals surface area (Å²) in [6.07, 6.45) is 3.12. The number of aromatic nitrogens is 2. The number of carboxylic acid groups (broad SMARTS) is 1. The van der Waals surface area contributed by atoms with Crippen LogP contribution in [0.4, 0.5) is 13.2 Å². The number of nitrogens with zero attached hydrogens (tertiary/aromatic N) is 4. The van der Waals surface area contributed by atoms with E-state index in [1.54, 1.807) is 0 Å². The van der Waals surface area contributed by atoms with Crippen molar-refractivity contribution in [2.45, 2.75) is 70.4 Å². The minimum Gasteiger partial charge on any atom is -0.475 e. The Morgan fingerprint density at radius 1 is 1.16 bits per heavy atom. The highest BCUT2D eigenvalue weighted by atomic mass is 19.4. The number of likely N-dealkylation sites (tertiary alicyclic amines) is 1. The number of amides is 1. The van der Waals surface area contributed by atoms with Gasteiger partial charge in [0.2, 0.25) is 5.91 Å². The number of ether oxygens (including phenoxy) is 1. The topological polar surface area (TPSA) is 87.9 Å². The molecule has 0 radical (unpaired) electrons. The van der Waals surface area contributed by atoms with Gasteiger partial charge in [0, 0.05) is 32.2 Å². The summed E-state index contributed by atoms with van der Waals surface area (Å²) in [7, 11) is 0. The average molecular weight is 446 g/mol. The van der Waals surface area contributed by atoms with Crippen LogP contribution in [0.1, 0.15) is 56.6 Å². The van der Waals surface area contributed by atoms with Gasteiger partial charge in [-0.25, -0.2) is 9.78 Å². The van der Waals surface area contributed by atoms with Crippen molar-refractivity contribution >= 4 is 11.9 Å². The van der Waals surface area contributed by atoms with E-state index >= 15 is 0 Å². The molecular formula is C20H29F3N4O4. The Balaban J connectivity index is 0.000000339. The number of fused-ring (bicyclic) bond motifs is 1. The van der Waals surface area contributed by atoms with Crippen LogP contribution in [0, 0.1) is 0 Å². The summed E-state index contributed by atoms with van der Waals surface area (Å²) in [6.45, 7) is 6.77. The van der Waals surface area contributed by atoms with Crippen LogP contribution < -0.4 is 0 Å². The number of hydrogen-bond acceptors (Lipinski definition) is 5. The third-order valence-electron chi connectivity index (χ3n) is 6.14. The summed E-state index contributed by atoms with van der Waals surface area (Å²) in [6, 6.07) is 1.13. The molecule has 174 valence electrons. The van der Waals surface area contributed by atoms with Crippen LogP contribution >= 0.6 is 0 Å². The van der Waals surface area contributed by atoms with E-state index in [0.717, 1.165) is 56.6 Å². The number of imidazole rings is 1. The number of halogens is 3. The van der Waals surface area contributed by atoms with E-state index in [1.807, 2.05) is 11.1 Å². The van der Waals surface area contributed by atoms with E-state index in [2.05, 4.69) is 21.4 Å². The van der Waals surface area contributed by atoms with Gasteiger partial charge in [0.15, 0.2) is 0 Å². The van der Waals surface area contributed by atoms with Crippen molar-refractivity contribution in [3.63, 3.8) is 0 Å². The molecule has 1 aliphatic carbocycles. The number of carboxylic acids is 1. The van der Waals surface area contributed by atoms with E-state index in [9.17, 15) is 18.0 Å². The number of carbonyl (C=O) groups is 2. The normalized spacial score (nSPS) is 21.8. The van der Waals surface area contributed by atoms with Crippen molar-refractivity contribution in [1.29, 1.82) is 0 Å². The summed E-state index contributed by atoms with van der Waals surface area (Å²) >= 11 is 0. The summed E-state index contributed by atoms with van der Waals surface area (Å²) in [4.78, 5) is 30.1. The maximum atomic E-state index is 12.0. The van der Waals surface area contributed by atoms with Crippen LogP contribution in [0.2, 0.25) is 0 Å². The molecule has 2 aliphatic heterocycles. The van der Waals surface area contributed by atoms with Crippen LogP contribution in [-0.4, -0.2) is 74.8 Å². The molecule has 1 aromatic rings. The maximum Gasteiger partial charge on any atom is 0.490 e. The summed E-state index contributed by atoms with van der Waals surface area (Å²) in [5, 5.41) is 7.12. The first-order valence-electron chi connectivity index (χ1n) is 10.6. The van der Waals surface area contributed by atoms with E-state index in [1.165, 1.54) is 19.3 Å². The third kappa shape index (κ3) is 5.76. The van der Waals surface area contributed by atoms with Gasteiger partial charge in [-0.05, 0) is 32.6 Å². The molecule has 31 heavy (non-hydrogen) atoms. The van der Waals surface area contributed by atoms with E-state index in [-0.39, 0.29) is 12.5 Å². The Kier molecular flexibility index (Phi) is 7.58. The zero-order valence-electron chi connectivity index (χ0n) is 17.6. The SMILES string of the molecule is CC1c2ncc(COCC(=O)N3CCCC3)n2CCN1C1CCC1.O=C(O)C(F)(F)F. The van der Waals surface area contributed by atoms with Gasteiger partial charge in [-0.3, -0.25) is 9.69 Å². The van der Waals surface area contributed by atoms with Gasteiger partial charge in [-0.15, -0.1) is 0 Å². The Hall–Kier alpha value is -2.14. The molecule has 0 bridgehead atoms. The fraction of sp³-hybridized carbons (Fsp3) is 0.750. The molecule has 0 spiro atoms. The first-order chi connectivity index (χ1) is 14.7. The van der Waals surface area contributed by atoms with E-state index in [0.29, 0.717) is 12.6 Å². The molecule has 1 amide bonds. The zero-order chi connectivity index (χ0) is 22.6. The lowest BCUT2D eigenvalue weighted by molar-refractivity contribution is -0.192. The Bertz CT molecular complexity index is 773. The number of rotatable bonds is 5. The average Bonchev–Trinajstić information content (AvgIpc) is 3.33. The fourth-order valence-corrected chi connectivity index (χ4v) is 4.21. The number of hydrogen-bond donors (Lipinski definition) is 1. The molecule has 8 nitrogen and oxygen atoms in total. The second kappa shape index (κ2) is 9.99. The van der Waals surface area contributed by atoms with Crippen molar-refractivity contribution in [2.24, 2.45) is 0 Å². The fourth-order valence-electron chi connectivity index (χ4n) is 4.21. The predicted octanol–water partition coefficient (Wildman–Crippen LogP) is 2.58. The molecule has 3 heterocycles. The van der Waals surface area contributed by atoms with Crippen molar-refractivity contribution in [3.05, 3.63) is 17.7 Å². The van der Waals surface area contributed by atoms with E-state index in [4.69, 9.17) is 14.6 Å².